The number of carbonyl (C=O) groups is 3. The first-order valence-corrected chi connectivity index (χ1v) is 10.8. The number of carbonyl (C=O) groups excluding carboxylic acids is 2. The van der Waals surface area contributed by atoms with Crippen LogP contribution in [0.15, 0.2) is 36.4 Å². The number of cyclic esters (lactones) is 2. The third-order valence-corrected chi connectivity index (χ3v) is 5.88. The lowest BCUT2D eigenvalue weighted by atomic mass is 9.89. The van der Waals surface area contributed by atoms with Crippen molar-refractivity contribution in [2.45, 2.75) is 44.7 Å². The molecule has 2 aromatic carbocycles. The lowest BCUT2D eigenvalue weighted by Crippen LogP contribution is -2.58. The van der Waals surface area contributed by atoms with Crippen LogP contribution in [0.25, 0.3) is 0 Å². The number of carboxylic acids is 1. The molecule has 228 valence electrons. The second-order valence-electron chi connectivity index (χ2n) is 7.71. The average Bonchev–Trinajstić information content (AvgIpc) is 2.81. The number of aliphatic hydroxyl groups excluding tert-OH is 1. The van der Waals surface area contributed by atoms with Crippen molar-refractivity contribution >= 4 is 52.7 Å². The van der Waals surface area contributed by atoms with Crippen molar-refractivity contribution in [2.75, 3.05) is 17.7 Å². The number of fused-ring (bicyclic) bond motifs is 2. The minimum Gasteiger partial charge on any atom is -0.478 e. The normalized spacial score (nSPS) is 21.8. The van der Waals surface area contributed by atoms with E-state index in [1.54, 1.807) is 0 Å². The van der Waals surface area contributed by atoms with Gasteiger partial charge in [0.25, 0.3) is 5.60 Å². The number of halogens is 8. The molecule has 2 amide bonds. The molecule has 18 heteroatoms. The molecule has 2 aromatic rings. The smallest absolute Gasteiger partial charge is 0.444 e. The van der Waals surface area contributed by atoms with Crippen LogP contribution in [0.4, 0.5) is 47.3 Å². The summed E-state index contributed by atoms with van der Waals surface area (Å²) in [5, 5.41) is 22.5. The summed E-state index contributed by atoms with van der Waals surface area (Å²) < 4.78 is 92.4. The lowest BCUT2D eigenvalue weighted by Gasteiger charge is -2.41. The zero-order chi connectivity index (χ0) is 29.6. The maximum atomic E-state index is 13.4. The minimum absolute atomic E-state index is 0. The van der Waals surface area contributed by atoms with Gasteiger partial charge in [-0.3, -0.25) is 10.6 Å². The van der Waals surface area contributed by atoms with Gasteiger partial charge in [-0.2, -0.15) is 26.3 Å². The van der Waals surface area contributed by atoms with Crippen molar-refractivity contribution in [1.29, 1.82) is 0 Å². The Labute approximate surface area is 238 Å². The van der Waals surface area contributed by atoms with Crippen LogP contribution in [0, 0.1) is 0 Å². The molecular formula is C23H22Cl2F6N2O8. The van der Waals surface area contributed by atoms with E-state index in [0.29, 0.717) is 0 Å². The number of anilines is 2. The van der Waals surface area contributed by atoms with Gasteiger partial charge in [-0.25, -0.2) is 14.4 Å². The topological polar surface area (TPSA) is 143 Å². The molecule has 2 aliphatic heterocycles. The number of ether oxygens (including phenoxy) is 3. The highest BCUT2D eigenvalue weighted by molar-refractivity contribution is 6.31. The lowest BCUT2D eigenvalue weighted by molar-refractivity contribution is -0.336. The molecule has 0 fully saturated rings. The number of rotatable bonds is 3. The third-order valence-electron chi connectivity index (χ3n) is 5.41. The van der Waals surface area contributed by atoms with Crippen LogP contribution >= 0.6 is 23.2 Å². The molecule has 0 saturated carbocycles. The second-order valence-corrected chi connectivity index (χ2v) is 8.59. The minimum atomic E-state index is -5.34. The van der Waals surface area contributed by atoms with Crippen LogP contribution < -0.4 is 10.6 Å². The molecule has 0 spiro atoms. The highest BCUT2D eigenvalue weighted by atomic mass is 35.5. The molecule has 4 rings (SSSR count). The quantitative estimate of drug-likeness (QED) is 0.216. The summed E-state index contributed by atoms with van der Waals surface area (Å²) in [5.41, 5.74) is -8.91. The summed E-state index contributed by atoms with van der Waals surface area (Å²) in [4.78, 5) is 33.6. The first kappa shape index (κ1) is 35.6. The number of methoxy groups -OCH3 is 1. The average molecular weight is 639 g/mol. The van der Waals surface area contributed by atoms with Crippen LogP contribution in [-0.4, -0.2) is 54.1 Å². The molecule has 2 aliphatic rings. The van der Waals surface area contributed by atoms with Crippen LogP contribution in [0.1, 0.15) is 26.0 Å². The number of amides is 2. The number of hydrogen-bond acceptors (Lipinski definition) is 7. The Balaban J connectivity index is 0.000000391. The number of alkyl halides is 6. The summed E-state index contributed by atoms with van der Waals surface area (Å²) in [6.07, 6.45) is -15.7. The predicted octanol–water partition coefficient (Wildman–Crippen LogP) is 6.64. The Hall–Kier alpha value is -3.47. The Kier molecular flexibility index (Phi) is 10.6. The van der Waals surface area contributed by atoms with E-state index in [4.69, 9.17) is 28.3 Å². The number of carboxylic acid groups (broad SMARTS) is 1. The summed E-state index contributed by atoms with van der Waals surface area (Å²) in [6.45, 7) is 0. The van der Waals surface area contributed by atoms with Crippen LogP contribution in [0.2, 0.25) is 10.0 Å². The number of aliphatic hydroxyl groups is 1. The van der Waals surface area contributed by atoms with E-state index < -0.39 is 59.1 Å². The van der Waals surface area contributed by atoms with Crippen LogP contribution in [0.3, 0.4) is 0 Å². The summed E-state index contributed by atoms with van der Waals surface area (Å²) in [6, 6.07) is 6.51. The molecule has 0 aromatic heterocycles. The van der Waals surface area contributed by atoms with E-state index in [9.17, 15) is 45.8 Å². The van der Waals surface area contributed by atoms with E-state index in [1.807, 2.05) is 5.32 Å². The molecule has 41 heavy (non-hydrogen) atoms. The van der Waals surface area contributed by atoms with Crippen molar-refractivity contribution in [1.82, 2.24) is 0 Å². The zero-order valence-electron chi connectivity index (χ0n) is 18.9. The Morgan fingerprint density at radius 2 is 1.32 bits per heavy atom. The van der Waals surface area contributed by atoms with Crippen molar-refractivity contribution in [2.24, 2.45) is 0 Å². The van der Waals surface area contributed by atoms with Crippen LogP contribution in [0.5, 0.6) is 0 Å². The van der Waals surface area contributed by atoms with Gasteiger partial charge in [-0.15, -0.1) is 0 Å². The van der Waals surface area contributed by atoms with Gasteiger partial charge in [0.1, 0.15) is 0 Å². The van der Waals surface area contributed by atoms with Gasteiger partial charge < -0.3 is 24.4 Å². The van der Waals surface area contributed by atoms with Gasteiger partial charge in [-0.1, -0.05) is 38.1 Å². The summed E-state index contributed by atoms with van der Waals surface area (Å²) in [7, 11) is 0.859. The molecule has 4 N–H and O–H groups in total. The SMILES string of the molecule is C.C.COC(O)[C@]1(C(F)(F)F)OC(=O)Nc2ccc(Cl)cc21.O=C1Nc2ccc(Cl)cc2[C@@](C(=O)O)(C(F)(F)F)O1. The first-order valence-electron chi connectivity index (χ1n) is 10.1. The maximum absolute atomic E-state index is 13.4. The van der Waals surface area contributed by atoms with E-state index in [0.717, 1.165) is 25.3 Å². The monoisotopic (exact) mass is 638 g/mol. The van der Waals surface area contributed by atoms with E-state index in [2.05, 4.69) is 19.5 Å². The molecule has 1 unspecified atom stereocenters. The van der Waals surface area contributed by atoms with Crippen molar-refractivity contribution in [3.8, 4) is 0 Å². The molecule has 3 atom stereocenters. The summed E-state index contributed by atoms with van der Waals surface area (Å²) in [5.74, 6) is -2.35. The molecule has 10 nitrogen and oxygen atoms in total. The highest BCUT2D eigenvalue weighted by Gasteiger charge is 2.69. The van der Waals surface area contributed by atoms with Crippen molar-refractivity contribution < 1.29 is 65.1 Å². The third kappa shape index (κ3) is 6.10. The molecule has 0 aliphatic carbocycles. The number of nitrogens with one attached hydrogen (secondary N) is 2. The van der Waals surface area contributed by atoms with Crippen molar-refractivity contribution in [3.63, 3.8) is 0 Å². The van der Waals surface area contributed by atoms with Gasteiger partial charge in [0, 0.05) is 28.3 Å². The molecular weight excluding hydrogens is 617 g/mol. The highest BCUT2D eigenvalue weighted by Crippen LogP contribution is 2.51. The molecule has 0 saturated heterocycles. The second kappa shape index (κ2) is 12.2. The molecule has 0 bridgehead atoms. The molecule has 2 heterocycles. The van der Waals surface area contributed by atoms with Crippen molar-refractivity contribution in [3.05, 3.63) is 57.6 Å². The summed E-state index contributed by atoms with van der Waals surface area (Å²) >= 11 is 11.2. The molecule has 0 radical (unpaired) electrons. The predicted molar refractivity (Wildman–Crippen MR) is 133 cm³/mol. The fourth-order valence-corrected chi connectivity index (χ4v) is 4.05. The maximum Gasteiger partial charge on any atom is 0.444 e. The van der Waals surface area contributed by atoms with Gasteiger partial charge in [-0.05, 0) is 36.4 Å². The fourth-order valence-electron chi connectivity index (χ4n) is 3.71. The first-order chi connectivity index (χ1) is 17.9. The number of benzene rings is 2. The zero-order valence-corrected chi connectivity index (χ0v) is 20.4. The van der Waals surface area contributed by atoms with E-state index in [1.165, 1.54) is 18.2 Å². The number of hydrogen-bond donors (Lipinski definition) is 4. The van der Waals surface area contributed by atoms with E-state index >= 15 is 0 Å². The van der Waals surface area contributed by atoms with Gasteiger partial charge in [0.15, 0.2) is 0 Å². The standard InChI is InChI=1S/C11H9ClF3NO4.C10H5ClF3NO4.2CH4/c1-19-8(17)10(11(13,14)15)6-4-5(12)2-3-7(6)16-9(18)20-10;11-4-1-2-6-5(3-4)9(7(16)17,10(12,13)14)19-8(18)15-6;;/h2-4,8,17H,1H3,(H,16,18);1-3H,(H,15,18)(H,16,17);2*1H4/t8?,10-;9-;;/m11../s1. The Bertz CT molecular complexity index is 1330. The largest absolute Gasteiger partial charge is 0.478 e. The van der Waals surface area contributed by atoms with Gasteiger partial charge >= 0.3 is 36.1 Å². The fraction of sp³-hybridized carbons (Fsp3) is 0.348. The van der Waals surface area contributed by atoms with Crippen LogP contribution in [-0.2, 0) is 30.2 Å². The van der Waals surface area contributed by atoms with E-state index in [-0.39, 0.29) is 36.3 Å². The Morgan fingerprint density at radius 3 is 1.73 bits per heavy atom. The Morgan fingerprint density at radius 1 is 0.878 bits per heavy atom. The number of aliphatic carboxylic acids is 1. The van der Waals surface area contributed by atoms with Gasteiger partial charge in [0.05, 0.1) is 11.4 Å². The van der Waals surface area contributed by atoms with Gasteiger partial charge in [0.2, 0.25) is 6.29 Å².